The molecule has 1 amide bonds. The van der Waals surface area contributed by atoms with Crippen LogP contribution < -0.4 is 5.73 Å². The third-order valence-electron chi connectivity index (χ3n) is 7.24. The van der Waals surface area contributed by atoms with Crippen LogP contribution in [0.2, 0.25) is 0 Å². The van der Waals surface area contributed by atoms with Gasteiger partial charge in [0.25, 0.3) is 5.91 Å². The maximum absolute atomic E-state index is 15.1. The van der Waals surface area contributed by atoms with E-state index in [0.717, 1.165) is 43.9 Å². The van der Waals surface area contributed by atoms with Crippen molar-refractivity contribution >= 4 is 17.6 Å². The molecule has 1 unspecified atom stereocenters. The van der Waals surface area contributed by atoms with Crippen molar-refractivity contribution in [2.45, 2.75) is 57.0 Å². The number of aliphatic hydroxyl groups is 1. The lowest BCUT2D eigenvalue weighted by atomic mass is 9.90. The van der Waals surface area contributed by atoms with E-state index in [0.29, 0.717) is 30.6 Å². The minimum atomic E-state index is -4.54. The maximum atomic E-state index is 15.1. The van der Waals surface area contributed by atoms with Crippen molar-refractivity contribution in [1.29, 1.82) is 0 Å². The molecule has 3 N–H and O–H groups in total. The van der Waals surface area contributed by atoms with E-state index in [4.69, 9.17) is 5.73 Å². The number of piperidine rings is 1. The zero-order valence-corrected chi connectivity index (χ0v) is 19.0. The number of amides is 1. The normalized spacial score (nSPS) is 22.0. The molecule has 2 atom stereocenters. The van der Waals surface area contributed by atoms with Crippen molar-refractivity contribution in [2.75, 3.05) is 13.1 Å². The maximum Gasteiger partial charge on any atom is 0.416 e. The largest absolute Gasteiger partial charge is 0.416 e. The van der Waals surface area contributed by atoms with Crippen LogP contribution in [0.5, 0.6) is 0 Å². The van der Waals surface area contributed by atoms with Crippen LogP contribution in [0.4, 0.5) is 23.2 Å². The van der Waals surface area contributed by atoms with Gasteiger partial charge in [0.15, 0.2) is 5.96 Å². The van der Waals surface area contributed by atoms with E-state index in [1.165, 1.54) is 6.07 Å². The van der Waals surface area contributed by atoms with Crippen molar-refractivity contribution < 1.29 is 27.5 Å². The number of carbonyl (C=O) groups excluding carboxylic acids is 1. The zero-order chi connectivity index (χ0) is 24.9. The quantitative estimate of drug-likeness (QED) is 0.606. The third-order valence-corrected chi connectivity index (χ3v) is 7.24. The van der Waals surface area contributed by atoms with E-state index in [1.54, 1.807) is 11.0 Å². The summed E-state index contributed by atoms with van der Waals surface area (Å²) in [6.45, 7) is 0.516. The average Bonchev–Trinajstić information content (AvgIpc) is 3.34. The Labute approximate surface area is 200 Å². The Kier molecular flexibility index (Phi) is 5.94. The summed E-state index contributed by atoms with van der Waals surface area (Å²) in [7, 11) is 0. The molecule has 5 rings (SSSR count). The van der Waals surface area contributed by atoms with Gasteiger partial charge < -0.3 is 20.6 Å². The number of alkyl halides is 3. The second-order valence-electron chi connectivity index (χ2n) is 9.30. The Morgan fingerprint density at radius 1 is 1.06 bits per heavy atom. The molecule has 3 heterocycles. The Morgan fingerprint density at radius 3 is 2.57 bits per heavy atom. The van der Waals surface area contributed by atoms with Crippen LogP contribution in [0.25, 0.3) is 0 Å². The van der Waals surface area contributed by atoms with Crippen molar-refractivity contribution in [1.82, 2.24) is 9.80 Å². The first kappa shape index (κ1) is 23.6. The molecule has 3 aliphatic heterocycles. The number of halogens is 4. The van der Waals surface area contributed by atoms with Crippen LogP contribution in [0, 0.1) is 5.82 Å². The van der Waals surface area contributed by atoms with E-state index < -0.39 is 36.1 Å². The fourth-order valence-electron chi connectivity index (χ4n) is 5.57. The van der Waals surface area contributed by atoms with Crippen molar-refractivity contribution in [3.63, 3.8) is 0 Å². The van der Waals surface area contributed by atoms with E-state index >= 15 is 4.39 Å². The van der Waals surface area contributed by atoms with Gasteiger partial charge in [-0.2, -0.15) is 13.2 Å². The number of aliphatic hydroxyl groups excluding tert-OH is 1. The van der Waals surface area contributed by atoms with Gasteiger partial charge in [-0.25, -0.2) is 9.38 Å². The van der Waals surface area contributed by atoms with Crippen LogP contribution in [0.15, 0.2) is 35.3 Å². The number of hydrogen-bond donors (Lipinski definition) is 2. The number of fused-ring (bicyclic) bond motifs is 3. The van der Waals surface area contributed by atoms with Gasteiger partial charge in [0, 0.05) is 24.2 Å². The number of guanidine groups is 1. The zero-order valence-electron chi connectivity index (χ0n) is 19.0. The van der Waals surface area contributed by atoms with Crippen LogP contribution in [0.1, 0.15) is 76.8 Å². The van der Waals surface area contributed by atoms with Crippen LogP contribution in [0.3, 0.4) is 0 Å². The van der Waals surface area contributed by atoms with E-state index in [-0.39, 0.29) is 28.8 Å². The molecule has 0 saturated carbocycles. The molecule has 2 saturated heterocycles. The lowest BCUT2D eigenvalue weighted by Gasteiger charge is -2.37. The molecule has 6 nitrogen and oxygen atoms in total. The Balaban J connectivity index is 1.51. The first-order chi connectivity index (χ1) is 16.7. The lowest BCUT2D eigenvalue weighted by Crippen LogP contribution is -2.40. The van der Waals surface area contributed by atoms with Gasteiger partial charge in [-0.3, -0.25) is 4.79 Å². The van der Waals surface area contributed by atoms with E-state index in [1.807, 2.05) is 4.90 Å². The van der Waals surface area contributed by atoms with Gasteiger partial charge >= 0.3 is 6.18 Å². The summed E-state index contributed by atoms with van der Waals surface area (Å²) < 4.78 is 54.7. The summed E-state index contributed by atoms with van der Waals surface area (Å²) in [5.74, 6) is -0.750. The van der Waals surface area contributed by atoms with Gasteiger partial charge in [0.1, 0.15) is 11.5 Å². The molecular formula is C25H26F4N4O2. The molecule has 2 fully saturated rings. The summed E-state index contributed by atoms with van der Waals surface area (Å²) in [5, 5.41) is 9.81. The number of carbonyl (C=O) groups is 1. The number of hydrogen-bond acceptors (Lipinski definition) is 5. The topological polar surface area (TPSA) is 82.2 Å². The van der Waals surface area contributed by atoms with Crippen LogP contribution in [-0.4, -0.2) is 39.9 Å². The highest BCUT2D eigenvalue weighted by atomic mass is 19.4. The molecule has 0 aliphatic carbocycles. The van der Waals surface area contributed by atoms with Crippen LogP contribution >= 0.6 is 0 Å². The molecule has 10 heteroatoms. The monoisotopic (exact) mass is 490 g/mol. The third kappa shape index (κ3) is 4.13. The van der Waals surface area contributed by atoms with Crippen molar-refractivity contribution in [3.05, 3.63) is 64.0 Å². The fourth-order valence-corrected chi connectivity index (χ4v) is 5.57. The molecular weight excluding hydrogens is 464 g/mol. The first-order valence-electron chi connectivity index (χ1n) is 11.7. The lowest BCUT2D eigenvalue weighted by molar-refractivity contribution is -0.137. The fraction of sp³-hybridized carbons (Fsp3) is 0.440. The molecule has 3 aliphatic rings. The number of aliphatic imine (C=N–C) groups is 1. The summed E-state index contributed by atoms with van der Waals surface area (Å²) in [4.78, 5) is 21.4. The van der Waals surface area contributed by atoms with Gasteiger partial charge in [-0.05, 0) is 67.5 Å². The molecule has 186 valence electrons. The van der Waals surface area contributed by atoms with Gasteiger partial charge in [-0.15, -0.1) is 0 Å². The van der Waals surface area contributed by atoms with Crippen molar-refractivity contribution in [3.8, 4) is 0 Å². The van der Waals surface area contributed by atoms with Gasteiger partial charge in [0.05, 0.1) is 24.3 Å². The average molecular weight is 491 g/mol. The number of benzene rings is 2. The number of nitrogens with zero attached hydrogens (tertiary/aromatic N) is 3. The molecule has 35 heavy (non-hydrogen) atoms. The molecule has 0 aromatic heterocycles. The highest BCUT2D eigenvalue weighted by Gasteiger charge is 2.37. The number of likely N-dealkylation sites (tertiary alicyclic amines) is 1. The number of rotatable bonds is 3. The minimum absolute atomic E-state index is 0.132. The van der Waals surface area contributed by atoms with Gasteiger partial charge in [-0.1, -0.05) is 6.07 Å². The highest BCUT2D eigenvalue weighted by molar-refractivity contribution is 5.96. The summed E-state index contributed by atoms with van der Waals surface area (Å²) in [5.41, 5.74) is 6.72. The summed E-state index contributed by atoms with van der Waals surface area (Å²) >= 11 is 0. The Hall–Kier alpha value is -3.14. The van der Waals surface area contributed by atoms with Gasteiger partial charge in [0.2, 0.25) is 0 Å². The molecule has 2 aromatic rings. The number of nitrogens with two attached hydrogens (primary N) is 1. The van der Waals surface area contributed by atoms with E-state index in [9.17, 15) is 23.1 Å². The standard InChI is InChI=1S/C25H26F4N4O2/c26-19-12-14(11-18-21-5-3-9-33(21)24(30)31-22(18)19)23(35)32-8-2-1-4-20(32)17-7-6-16(25(27,28)29)10-15(17)13-34/h6-7,10-12,20-21,34H,1-5,8-9,13H2,(H2,30,31)/t20-,21?/m1/s1. The van der Waals surface area contributed by atoms with Crippen LogP contribution in [-0.2, 0) is 12.8 Å². The molecule has 2 aromatic carbocycles. The first-order valence-corrected chi connectivity index (χ1v) is 11.7. The summed E-state index contributed by atoms with van der Waals surface area (Å²) in [6, 6.07) is 5.42. The molecule has 0 bridgehead atoms. The summed E-state index contributed by atoms with van der Waals surface area (Å²) in [6.07, 6.45) is -0.837. The second kappa shape index (κ2) is 8.82. The second-order valence-corrected chi connectivity index (χ2v) is 9.30. The minimum Gasteiger partial charge on any atom is -0.392 e. The SMILES string of the molecule is NC1=Nc2c(F)cc(C(=O)N3CCCC[C@@H]3c3ccc(C(F)(F)F)cc3CO)cc2C2CCCN12. The molecule has 0 radical (unpaired) electrons. The smallest absolute Gasteiger partial charge is 0.392 e. The van der Waals surface area contributed by atoms with E-state index in [2.05, 4.69) is 4.99 Å². The predicted molar refractivity (Wildman–Crippen MR) is 121 cm³/mol. The molecule has 0 spiro atoms. The van der Waals surface area contributed by atoms with Crippen molar-refractivity contribution in [2.24, 2.45) is 10.7 Å². The Bertz CT molecular complexity index is 1200. The predicted octanol–water partition coefficient (Wildman–Crippen LogP) is 4.80. The highest BCUT2D eigenvalue weighted by Crippen LogP contribution is 2.43. The Morgan fingerprint density at radius 2 is 1.83 bits per heavy atom.